The van der Waals surface area contributed by atoms with E-state index in [9.17, 15) is 4.79 Å². The van der Waals surface area contributed by atoms with Crippen molar-refractivity contribution in [2.45, 2.75) is 51.3 Å². The number of piperidine rings is 1. The summed E-state index contributed by atoms with van der Waals surface area (Å²) in [5, 5.41) is 3.99. The maximum Gasteiger partial charge on any atom is 0.311 e. The fourth-order valence-electron chi connectivity index (χ4n) is 2.41. The summed E-state index contributed by atoms with van der Waals surface area (Å²) in [7, 11) is 0. The predicted molar refractivity (Wildman–Crippen MR) is 76.1 cm³/mol. The van der Waals surface area contributed by atoms with E-state index in [2.05, 4.69) is 19.2 Å². The van der Waals surface area contributed by atoms with Crippen LogP contribution in [0, 0.1) is 0 Å². The van der Waals surface area contributed by atoms with Gasteiger partial charge in [0, 0.05) is 10.6 Å². The van der Waals surface area contributed by atoms with Crippen molar-refractivity contribution in [2.24, 2.45) is 0 Å². The third-order valence-electron chi connectivity index (χ3n) is 3.33. The van der Waals surface area contributed by atoms with Crippen LogP contribution in [0.2, 0.25) is 5.02 Å². The minimum absolute atomic E-state index is 0.0409. The lowest BCUT2D eigenvalue weighted by Crippen LogP contribution is -2.51. The molecule has 0 saturated carbocycles. The molecule has 1 saturated heterocycles. The van der Waals surface area contributed by atoms with E-state index in [4.69, 9.17) is 16.3 Å². The van der Waals surface area contributed by atoms with Crippen LogP contribution in [0.15, 0.2) is 24.3 Å². The first kappa shape index (κ1) is 14.4. The lowest BCUT2D eigenvalue weighted by Gasteiger charge is -2.36. The third kappa shape index (κ3) is 4.51. The normalized spacial score (nSPS) is 21.9. The summed E-state index contributed by atoms with van der Waals surface area (Å²) in [6.45, 7) is 4.26. The van der Waals surface area contributed by atoms with Crippen molar-refractivity contribution < 1.29 is 9.53 Å². The topological polar surface area (TPSA) is 38.3 Å². The SMILES string of the molecule is CC1(C)CCC[C@@H](OC(=O)Cc2cccc(Cl)c2)N1. The molecule has 0 radical (unpaired) electrons. The van der Waals surface area contributed by atoms with Gasteiger partial charge in [0.15, 0.2) is 6.23 Å². The second-order valence-electron chi connectivity index (χ2n) is 5.71. The van der Waals surface area contributed by atoms with Gasteiger partial charge in [-0.05, 0) is 50.8 Å². The Bertz CT molecular complexity index is 459. The maximum atomic E-state index is 11.9. The average Bonchev–Trinajstić information content (AvgIpc) is 2.27. The third-order valence-corrected chi connectivity index (χ3v) is 3.57. The van der Waals surface area contributed by atoms with Crippen LogP contribution in [0.3, 0.4) is 0 Å². The van der Waals surface area contributed by atoms with Gasteiger partial charge >= 0.3 is 5.97 Å². The van der Waals surface area contributed by atoms with Crippen molar-refractivity contribution in [3.05, 3.63) is 34.9 Å². The Labute approximate surface area is 119 Å². The molecule has 2 rings (SSSR count). The molecule has 19 heavy (non-hydrogen) atoms. The average molecular weight is 282 g/mol. The van der Waals surface area contributed by atoms with Crippen molar-refractivity contribution in [2.75, 3.05) is 0 Å². The number of halogens is 1. The number of ether oxygens (including phenoxy) is 1. The zero-order valence-electron chi connectivity index (χ0n) is 11.4. The number of esters is 1. The highest BCUT2D eigenvalue weighted by atomic mass is 35.5. The first-order valence-electron chi connectivity index (χ1n) is 6.66. The molecule has 0 aliphatic carbocycles. The zero-order chi connectivity index (χ0) is 13.9. The van der Waals surface area contributed by atoms with Gasteiger partial charge in [0.25, 0.3) is 0 Å². The summed E-state index contributed by atoms with van der Waals surface area (Å²) in [6.07, 6.45) is 3.16. The molecule has 1 aliphatic heterocycles. The highest BCUT2D eigenvalue weighted by Crippen LogP contribution is 2.22. The predicted octanol–water partition coefficient (Wildman–Crippen LogP) is 3.30. The van der Waals surface area contributed by atoms with Gasteiger partial charge in [0.2, 0.25) is 0 Å². The maximum absolute atomic E-state index is 11.9. The van der Waals surface area contributed by atoms with Crippen LogP contribution in [0.5, 0.6) is 0 Å². The van der Waals surface area contributed by atoms with Gasteiger partial charge in [-0.3, -0.25) is 10.1 Å². The van der Waals surface area contributed by atoms with Gasteiger partial charge < -0.3 is 4.74 Å². The van der Waals surface area contributed by atoms with E-state index in [0.717, 1.165) is 24.8 Å². The zero-order valence-corrected chi connectivity index (χ0v) is 12.2. The van der Waals surface area contributed by atoms with Crippen molar-refractivity contribution >= 4 is 17.6 Å². The summed E-state index contributed by atoms with van der Waals surface area (Å²) in [5.41, 5.74) is 0.923. The molecule has 3 nitrogen and oxygen atoms in total. The van der Waals surface area contributed by atoms with E-state index in [1.165, 1.54) is 0 Å². The number of nitrogens with one attached hydrogen (secondary N) is 1. The summed E-state index contributed by atoms with van der Waals surface area (Å²) in [5.74, 6) is -0.211. The van der Waals surface area contributed by atoms with Gasteiger partial charge in [0.05, 0.1) is 6.42 Å². The van der Waals surface area contributed by atoms with Crippen LogP contribution >= 0.6 is 11.6 Å². The van der Waals surface area contributed by atoms with Crippen LogP contribution in [0.1, 0.15) is 38.7 Å². The smallest absolute Gasteiger partial charge is 0.311 e. The fourth-order valence-corrected chi connectivity index (χ4v) is 2.62. The summed E-state index contributed by atoms with van der Waals surface area (Å²) in [4.78, 5) is 11.9. The molecule has 1 aromatic carbocycles. The molecule has 1 heterocycles. The Morgan fingerprint density at radius 1 is 1.53 bits per heavy atom. The van der Waals surface area contributed by atoms with Crippen molar-refractivity contribution in [1.82, 2.24) is 5.32 Å². The first-order chi connectivity index (χ1) is 8.94. The Morgan fingerprint density at radius 3 is 3.00 bits per heavy atom. The minimum atomic E-state index is -0.211. The summed E-state index contributed by atoms with van der Waals surface area (Å²) < 4.78 is 5.48. The second-order valence-corrected chi connectivity index (χ2v) is 6.14. The summed E-state index contributed by atoms with van der Waals surface area (Å²) >= 11 is 5.89. The van der Waals surface area contributed by atoms with Gasteiger partial charge in [-0.15, -0.1) is 0 Å². The number of carbonyl (C=O) groups excluding carboxylic acids is 1. The van der Waals surface area contributed by atoms with Crippen molar-refractivity contribution in [1.29, 1.82) is 0 Å². The van der Waals surface area contributed by atoms with Gasteiger partial charge in [-0.1, -0.05) is 23.7 Å². The molecule has 104 valence electrons. The molecule has 0 spiro atoms. The second kappa shape index (κ2) is 5.93. The molecule has 0 bridgehead atoms. The number of hydrogen-bond acceptors (Lipinski definition) is 3. The number of benzene rings is 1. The molecular weight excluding hydrogens is 262 g/mol. The highest BCUT2D eigenvalue weighted by molar-refractivity contribution is 6.30. The van der Waals surface area contributed by atoms with Gasteiger partial charge in [-0.25, -0.2) is 0 Å². The van der Waals surface area contributed by atoms with Crippen LogP contribution in [-0.4, -0.2) is 17.7 Å². The van der Waals surface area contributed by atoms with Crippen LogP contribution in [0.4, 0.5) is 0 Å². The Morgan fingerprint density at radius 2 is 2.32 bits per heavy atom. The molecule has 1 fully saturated rings. The van der Waals surface area contributed by atoms with E-state index in [1.54, 1.807) is 12.1 Å². The van der Waals surface area contributed by atoms with E-state index >= 15 is 0 Å². The van der Waals surface area contributed by atoms with E-state index < -0.39 is 0 Å². The molecule has 1 N–H and O–H groups in total. The largest absolute Gasteiger partial charge is 0.446 e. The minimum Gasteiger partial charge on any atom is -0.446 e. The standard InChI is InChI=1S/C15H20ClNO2/c1-15(2)8-4-7-13(17-15)19-14(18)10-11-5-3-6-12(16)9-11/h3,5-6,9,13,17H,4,7-8,10H2,1-2H3/t13-/m1/s1. The van der Waals surface area contributed by atoms with Crippen molar-refractivity contribution in [3.8, 4) is 0 Å². The monoisotopic (exact) mass is 281 g/mol. The summed E-state index contributed by atoms with van der Waals surface area (Å²) in [6, 6.07) is 7.31. The van der Waals surface area contributed by atoms with Crippen molar-refractivity contribution in [3.63, 3.8) is 0 Å². The molecule has 1 aromatic rings. The molecular formula is C15H20ClNO2. The number of carbonyl (C=O) groups is 1. The lowest BCUT2D eigenvalue weighted by molar-refractivity contribution is -0.152. The van der Waals surface area contributed by atoms with Gasteiger partial charge in [-0.2, -0.15) is 0 Å². The molecule has 1 atom stereocenters. The van der Waals surface area contributed by atoms with Crippen LogP contribution in [-0.2, 0) is 16.0 Å². The van der Waals surface area contributed by atoms with Crippen LogP contribution < -0.4 is 5.32 Å². The fraction of sp³-hybridized carbons (Fsp3) is 0.533. The molecule has 1 aliphatic rings. The molecule has 0 unspecified atom stereocenters. The highest BCUT2D eigenvalue weighted by Gasteiger charge is 2.28. The molecule has 0 aromatic heterocycles. The Balaban J connectivity index is 1.87. The number of hydrogen-bond donors (Lipinski definition) is 1. The Hall–Kier alpha value is -1.06. The molecule has 0 amide bonds. The Kier molecular flexibility index (Phi) is 4.48. The lowest BCUT2D eigenvalue weighted by atomic mass is 9.92. The first-order valence-corrected chi connectivity index (χ1v) is 7.04. The van der Waals surface area contributed by atoms with E-state index in [0.29, 0.717) is 5.02 Å². The number of rotatable bonds is 3. The quantitative estimate of drug-likeness (QED) is 0.864. The van der Waals surface area contributed by atoms with E-state index in [-0.39, 0.29) is 24.2 Å². The van der Waals surface area contributed by atoms with Gasteiger partial charge in [0.1, 0.15) is 0 Å². The van der Waals surface area contributed by atoms with E-state index in [1.807, 2.05) is 12.1 Å². The molecule has 4 heteroatoms. The van der Waals surface area contributed by atoms with Crippen LogP contribution in [0.25, 0.3) is 0 Å².